The minimum absolute atomic E-state index is 0.00496. The molecule has 0 spiro atoms. The van der Waals surface area contributed by atoms with Crippen molar-refractivity contribution in [1.29, 1.82) is 0 Å². The van der Waals surface area contributed by atoms with Gasteiger partial charge in [-0.3, -0.25) is 14.8 Å². The molecule has 10 heteroatoms. The highest BCUT2D eigenvalue weighted by atomic mass is 16.5. The van der Waals surface area contributed by atoms with Gasteiger partial charge in [0.25, 0.3) is 5.91 Å². The zero-order valence-electron chi connectivity index (χ0n) is 19.0. The third-order valence-corrected chi connectivity index (χ3v) is 6.30. The van der Waals surface area contributed by atoms with Crippen LogP contribution in [0.1, 0.15) is 27.4 Å². The molecule has 35 heavy (non-hydrogen) atoms. The van der Waals surface area contributed by atoms with E-state index in [1.165, 1.54) is 15.8 Å². The van der Waals surface area contributed by atoms with Crippen molar-refractivity contribution in [1.82, 2.24) is 14.7 Å². The molecule has 10 nitrogen and oxygen atoms in total. The number of hydrogen-bond donors (Lipinski definition) is 2. The van der Waals surface area contributed by atoms with Gasteiger partial charge >= 0.3 is 12.1 Å². The number of nitrogens with zero attached hydrogens (tertiary/aromatic N) is 3. The maximum atomic E-state index is 13.1. The predicted molar refractivity (Wildman–Crippen MR) is 125 cm³/mol. The number of benzene rings is 2. The Balaban J connectivity index is 1.30. The molecule has 2 aliphatic rings. The Bertz CT molecular complexity index is 1260. The molecule has 0 saturated carbocycles. The van der Waals surface area contributed by atoms with E-state index in [4.69, 9.17) is 9.47 Å². The first-order valence-corrected chi connectivity index (χ1v) is 11.2. The fraction of sp³-hybridized carbons (Fsp3) is 0.280. The Morgan fingerprint density at radius 3 is 2.43 bits per heavy atom. The average Bonchev–Trinajstić information content (AvgIpc) is 3.39. The minimum Gasteiger partial charge on any atom is -0.480 e. The number of carbonyl (C=O) groups excluding carboxylic acids is 2. The summed E-state index contributed by atoms with van der Waals surface area (Å²) in [7, 11) is 1.60. The second kappa shape index (κ2) is 9.22. The number of carboxylic acids is 1. The highest BCUT2D eigenvalue weighted by Gasteiger charge is 2.35. The summed E-state index contributed by atoms with van der Waals surface area (Å²) >= 11 is 0. The molecule has 2 amide bonds. The topological polar surface area (TPSA) is 123 Å². The number of ether oxygens (including phenoxy) is 2. The average molecular weight is 476 g/mol. The Kier molecular flexibility index (Phi) is 5.96. The molecular weight excluding hydrogens is 452 g/mol. The number of nitrogens with one attached hydrogen (secondary N) is 1. The molecule has 1 aliphatic carbocycles. The lowest BCUT2D eigenvalue weighted by molar-refractivity contribution is -0.147. The molecule has 1 aromatic heterocycles. The van der Waals surface area contributed by atoms with Crippen LogP contribution in [-0.2, 0) is 21.3 Å². The van der Waals surface area contributed by atoms with Crippen molar-refractivity contribution < 1.29 is 29.0 Å². The van der Waals surface area contributed by atoms with Gasteiger partial charge in [-0.05, 0) is 22.3 Å². The second-order valence-corrected chi connectivity index (χ2v) is 8.44. The molecule has 1 aliphatic heterocycles. The lowest BCUT2D eigenvalue weighted by Crippen LogP contribution is -2.52. The van der Waals surface area contributed by atoms with Crippen LogP contribution in [0.2, 0.25) is 0 Å². The number of hydrogen-bond acceptors (Lipinski definition) is 6. The summed E-state index contributed by atoms with van der Waals surface area (Å²) in [6.07, 6.45) is 0.687. The molecule has 2 N–H and O–H groups in total. The fourth-order valence-electron chi connectivity index (χ4n) is 4.67. The molecule has 3 aromatic rings. The summed E-state index contributed by atoms with van der Waals surface area (Å²) in [5, 5.41) is 16.2. The summed E-state index contributed by atoms with van der Waals surface area (Å²) in [5.74, 6) is -1.82. The quantitative estimate of drug-likeness (QED) is 0.580. The van der Waals surface area contributed by atoms with Crippen molar-refractivity contribution in [3.63, 3.8) is 0 Å². The summed E-state index contributed by atoms with van der Waals surface area (Å²) in [4.78, 5) is 38.6. The molecule has 2 aromatic carbocycles. The number of morpholine rings is 1. The van der Waals surface area contributed by atoms with E-state index in [9.17, 15) is 19.5 Å². The van der Waals surface area contributed by atoms with Gasteiger partial charge in [-0.15, -0.1) is 0 Å². The van der Waals surface area contributed by atoms with E-state index in [1.807, 2.05) is 36.4 Å². The van der Waals surface area contributed by atoms with E-state index in [2.05, 4.69) is 22.5 Å². The largest absolute Gasteiger partial charge is 0.480 e. The van der Waals surface area contributed by atoms with Crippen LogP contribution in [0.3, 0.4) is 0 Å². The van der Waals surface area contributed by atoms with E-state index in [-0.39, 0.29) is 43.7 Å². The van der Waals surface area contributed by atoms with Gasteiger partial charge < -0.3 is 19.5 Å². The van der Waals surface area contributed by atoms with Crippen LogP contribution in [0.5, 0.6) is 0 Å². The van der Waals surface area contributed by atoms with E-state index in [1.54, 1.807) is 7.05 Å². The number of amides is 2. The van der Waals surface area contributed by atoms with E-state index < -0.39 is 24.0 Å². The number of anilines is 1. The van der Waals surface area contributed by atoms with Crippen molar-refractivity contribution in [2.45, 2.75) is 12.0 Å². The third kappa shape index (κ3) is 4.24. The fourth-order valence-corrected chi connectivity index (χ4v) is 4.67. The van der Waals surface area contributed by atoms with Gasteiger partial charge in [0, 0.05) is 25.7 Å². The smallest absolute Gasteiger partial charge is 0.412 e. The number of carboxylic acid groups (broad SMARTS) is 1. The number of rotatable bonds is 5. The molecular formula is C25H24N4O6. The molecule has 2 heterocycles. The number of aryl methyl sites for hydroxylation is 1. The van der Waals surface area contributed by atoms with Gasteiger partial charge in [-0.25, -0.2) is 9.59 Å². The van der Waals surface area contributed by atoms with Gasteiger partial charge in [0.2, 0.25) is 0 Å². The first-order valence-electron chi connectivity index (χ1n) is 11.2. The highest BCUT2D eigenvalue weighted by molar-refractivity contribution is 6.03. The van der Waals surface area contributed by atoms with E-state index >= 15 is 0 Å². The highest BCUT2D eigenvalue weighted by Crippen LogP contribution is 2.44. The Labute approximate surface area is 201 Å². The van der Waals surface area contributed by atoms with Crippen LogP contribution in [0.25, 0.3) is 11.1 Å². The first kappa shape index (κ1) is 22.6. The molecule has 180 valence electrons. The molecule has 1 fully saturated rings. The molecule has 0 radical (unpaired) electrons. The van der Waals surface area contributed by atoms with Gasteiger partial charge in [0.15, 0.2) is 11.9 Å². The van der Waals surface area contributed by atoms with Crippen molar-refractivity contribution in [3.05, 3.63) is 71.4 Å². The lowest BCUT2D eigenvalue weighted by atomic mass is 9.98. The molecule has 1 unspecified atom stereocenters. The second-order valence-electron chi connectivity index (χ2n) is 8.44. The van der Waals surface area contributed by atoms with E-state index in [0.29, 0.717) is 0 Å². The summed E-state index contributed by atoms with van der Waals surface area (Å²) in [6, 6.07) is 14.9. The lowest BCUT2D eigenvalue weighted by Gasteiger charge is -2.32. The van der Waals surface area contributed by atoms with E-state index in [0.717, 1.165) is 22.3 Å². The number of fused-ring (bicyclic) bond motifs is 3. The van der Waals surface area contributed by atoms with Crippen molar-refractivity contribution >= 4 is 23.8 Å². The van der Waals surface area contributed by atoms with Crippen LogP contribution >= 0.6 is 0 Å². The maximum Gasteiger partial charge on any atom is 0.412 e. The Morgan fingerprint density at radius 2 is 1.77 bits per heavy atom. The number of aliphatic carboxylic acids is 1. The van der Waals surface area contributed by atoms with Gasteiger partial charge in [-0.2, -0.15) is 5.10 Å². The SMILES string of the molecule is Cn1cc(C(=O)N2CCOCC2C(=O)O)c(NC(=O)OCC2c3ccccc3-c3ccccc32)n1. The maximum absolute atomic E-state index is 13.1. The van der Waals surface area contributed by atoms with Crippen LogP contribution in [0.4, 0.5) is 10.6 Å². The number of aromatic nitrogens is 2. The zero-order valence-corrected chi connectivity index (χ0v) is 19.0. The van der Waals surface area contributed by atoms with Crippen LogP contribution in [0, 0.1) is 0 Å². The number of carbonyl (C=O) groups is 3. The van der Waals surface area contributed by atoms with Gasteiger partial charge in [0.1, 0.15) is 12.2 Å². The minimum atomic E-state index is -1.16. The monoisotopic (exact) mass is 476 g/mol. The summed E-state index contributed by atoms with van der Waals surface area (Å²) < 4.78 is 12.1. The molecule has 1 saturated heterocycles. The van der Waals surface area contributed by atoms with Crippen LogP contribution in [0.15, 0.2) is 54.7 Å². The van der Waals surface area contributed by atoms with Crippen molar-refractivity contribution in [3.8, 4) is 11.1 Å². The van der Waals surface area contributed by atoms with Gasteiger partial charge in [0.05, 0.1) is 13.2 Å². The van der Waals surface area contributed by atoms with Crippen molar-refractivity contribution in [2.75, 3.05) is 31.7 Å². The predicted octanol–water partition coefficient (Wildman–Crippen LogP) is 2.71. The molecule has 1 atom stereocenters. The normalized spacial score (nSPS) is 16.9. The summed E-state index contributed by atoms with van der Waals surface area (Å²) in [6.45, 7) is 0.358. The molecule has 5 rings (SSSR count). The van der Waals surface area contributed by atoms with Crippen molar-refractivity contribution in [2.24, 2.45) is 7.05 Å². The van der Waals surface area contributed by atoms with Crippen LogP contribution in [-0.4, -0.2) is 70.2 Å². The first-order chi connectivity index (χ1) is 16.9. The molecule has 0 bridgehead atoms. The summed E-state index contributed by atoms with van der Waals surface area (Å²) in [5.41, 5.74) is 4.49. The zero-order chi connectivity index (χ0) is 24.5. The van der Waals surface area contributed by atoms with Gasteiger partial charge in [-0.1, -0.05) is 48.5 Å². The standard InChI is InChI=1S/C25H24N4O6/c1-28-12-19(23(30)29-10-11-34-14-21(29)24(31)32)22(27-28)26-25(33)35-13-20-17-8-4-2-6-15(17)16-7-3-5-9-18(16)20/h2-9,12,20-21H,10-11,13-14H2,1H3,(H,31,32)(H,26,27,33). The Morgan fingerprint density at radius 1 is 1.11 bits per heavy atom. The Hall–Kier alpha value is -4.18. The third-order valence-electron chi connectivity index (χ3n) is 6.30. The van der Waals surface area contributed by atoms with Crippen LogP contribution < -0.4 is 5.32 Å².